The monoisotopic (exact) mass is 539 g/mol. The Morgan fingerprint density at radius 1 is 1.03 bits per heavy atom. The molecule has 39 heavy (non-hydrogen) atoms. The largest absolute Gasteiger partial charge is 0.493 e. The Morgan fingerprint density at radius 3 is 2.41 bits per heavy atom. The van der Waals surface area contributed by atoms with E-state index in [1.54, 1.807) is 32.4 Å². The lowest BCUT2D eigenvalue weighted by Gasteiger charge is -2.32. The zero-order valence-electron chi connectivity index (χ0n) is 24.3. The zero-order valence-corrected chi connectivity index (χ0v) is 24.3. The number of nitrogens with one attached hydrogen (secondary N) is 2. The minimum Gasteiger partial charge on any atom is -0.493 e. The van der Waals surface area contributed by atoms with Crippen molar-refractivity contribution in [3.63, 3.8) is 0 Å². The first kappa shape index (κ1) is 30.4. The van der Waals surface area contributed by atoms with Crippen LogP contribution in [0.2, 0.25) is 0 Å². The lowest BCUT2D eigenvalue weighted by Crippen LogP contribution is -2.46. The first-order valence-electron chi connectivity index (χ1n) is 13.8. The third-order valence-electron chi connectivity index (χ3n) is 7.54. The maximum atomic E-state index is 13.7. The molecule has 2 amide bonds. The van der Waals surface area contributed by atoms with Crippen molar-refractivity contribution in [1.29, 1.82) is 0 Å². The number of benzene rings is 2. The van der Waals surface area contributed by atoms with Crippen molar-refractivity contribution in [2.45, 2.75) is 45.6 Å². The number of ether oxygens (including phenoxy) is 3. The molecule has 0 saturated carbocycles. The van der Waals surface area contributed by atoms with Crippen molar-refractivity contribution < 1.29 is 23.8 Å². The summed E-state index contributed by atoms with van der Waals surface area (Å²) in [5, 5.41) is 6.64. The second kappa shape index (κ2) is 14.3. The Bertz CT molecular complexity index is 1070. The second-order valence-corrected chi connectivity index (χ2v) is 11.0. The summed E-state index contributed by atoms with van der Waals surface area (Å²) < 4.78 is 16.4. The SMILES string of the molecule is COCCCOc1cc(C(=O)N(CC2CNCC2CNC(=O)C(C)(C)c2ccccc2)C(C)C)ccc1OC. The van der Waals surface area contributed by atoms with Gasteiger partial charge >= 0.3 is 0 Å². The fraction of sp³-hybridized carbons (Fsp3) is 0.548. The van der Waals surface area contributed by atoms with Crippen LogP contribution in [-0.2, 0) is 14.9 Å². The predicted octanol–water partition coefficient (Wildman–Crippen LogP) is 3.89. The van der Waals surface area contributed by atoms with Gasteiger partial charge in [0.25, 0.3) is 5.91 Å². The summed E-state index contributed by atoms with van der Waals surface area (Å²) in [5.74, 6) is 1.55. The van der Waals surface area contributed by atoms with E-state index in [2.05, 4.69) is 10.6 Å². The van der Waals surface area contributed by atoms with Gasteiger partial charge in [-0.15, -0.1) is 0 Å². The number of methoxy groups -OCH3 is 2. The highest BCUT2D eigenvalue weighted by molar-refractivity contribution is 5.95. The molecule has 8 heteroatoms. The molecule has 1 heterocycles. The Labute approximate surface area is 233 Å². The summed E-state index contributed by atoms with van der Waals surface area (Å²) in [5.41, 5.74) is 0.925. The Hall–Kier alpha value is -3.10. The summed E-state index contributed by atoms with van der Waals surface area (Å²) in [6, 6.07) is 15.2. The third kappa shape index (κ3) is 7.96. The minimum atomic E-state index is -0.625. The van der Waals surface area contributed by atoms with Crippen molar-refractivity contribution >= 4 is 11.8 Å². The fourth-order valence-electron chi connectivity index (χ4n) is 4.93. The van der Waals surface area contributed by atoms with Crippen molar-refractivity contribution in [1.82, 2.24) is 15.5 Å². The molecule has 2 unspecified atom stereocenters. The van der Waals surface area contributed by atoms with Crippen LogP contribution < -0.4 is 20.1 Å². The molecule has 3 rings (SSSR count). The average Bonchev–Trinajstić information content (AvgIpc) is 3.39. The van der Waals surface area contributed by atoms with Gasteiger partial charge in [-0.25, -0.2) is 0 Å². The van der Waals surface area contributed by atoms with E-state index in [0.29, 0.717) is 43.4 Å². The summed E-state index contributed by atoms with van der Waals surface area (Å²) in [7, 11) is 3.25. The van der Waals surface area contributed by atoms with E-state index in [4.69, 9.17) is 14.2 Å². The number of amides is 2. The number of hydrogen-bond acceptors (Lipinski definition) is 6. The lowest BCUT2D eigenvalue weighted by molar-refractivity contribution is -0.125. The molecule has 0 radical (unpaired) electrons. The quantitative estimate of drug-likeness (QED) is 0.354. The first-order chi connectivity index (χ1) is 18.7. The first-order valence-corrected chi connectivity index (χ1v) is 13.8. The number of rotatable bonds is 14. The molecule has 1 saturated heterocycles. The van der Waals surface area contributed by atoms with E-state index in [1.165, 1.54) is 0 Å². The van der Waals surface area contributed by atoms with Crippen molar-refractivity contribution in [2.75, 3.05) is 53.6 Å². The van der Waals surface area contributed by atoms with Crippen LogP contribution in [0.4, 0.5) is 0 Å². The molecule has 2 aromatic rings. The Balaban J connectivity index is 1.66. The fourth-order valence-corrected chi connectivity index (χ4v) is 4.93. The summed E-state index contributed by atoms with van der Waals surface area (Å²) in [4.78, 5) is 28.7. The number of carbonyl (C=O) groups is 2. The molecule has 0 aromatic heterocycles. The van der Waals surface area contributed by atoms with E-state index in [1.807, 2.05) is 62.9 Å². The molecule has 1 fully saturated rings. The van der Waals surface area contributed by atoms with E-state index in [0.717, 1.165) is 25.1 Å². The molecular weight excluding hydrogens is 494 g/mol. The molecule has 214 valence electrons. The average molecular weight is 540 g/mol. The molecule has 0 spiro atoms. The van der Waals surface area contributed by atoms with Gasteiger partial charge in [0.15, 0.2) is 11.5 Å². The standard InChI is InChI=1S/C31H45N3O5/c1-22(2)34(29(35)23-13-14-27(38-6)28(17-23)39-16-10-15-37-5)21-25-19-32-18-24(25)20-33-30(36)31(3,4)26-11-8-7-9-12-26/h7-9,11-14,17,22,24-25,32H,10,15-16,18-21H2,1-6H3,(H,33,36). The van der Waals surface area contributed by atoms with Gasteiger partial charge in [-0.3, -0.25) is 9.59 Å². The maximum Gasteiger partial charge on any atom is 0.254 e. The highest BCUT2D eigenvalue weighted by Crippen LogP contribution is 2.30. The van der Waals surface area contributed by atoms with Gasteiger partial charge in [-0.05, 0) is 63.3 Å². The molecule has 0 bridgehead atoms. The molecule has 1 aliphatic heterocycles. The Morgan fingerprint density at radius 2 is 1.74 bits per heavy atom. The normalized spacial score (nSPS) is 17.2. The highest BCUT2D eigenvalue weighted by atomic mass is 16.5. The number of hydrogen-bond donors (Lipinski definition) is 2. The molecular formula is C31H45N3O5. The van der Waals surface area contributed by atoms with Gasteiger partial charge in [-0.1, -0.05) is 30.3 Å². The van der Waals surface area contributed by atoms with Gasteiger partial charge in [0.2, 0.25) is 5.91 Å². The zero-order chi connectivity index (χ0) is 28.4. The van der Waals surface area contributed by atoms with Crippen LogP contribution in [0.25, 0.3) is 0 Å². The molecule has 8 nitrogen and oxygen atoms in total. The maximum absolute atomic E-state index is 13.7. The topological polar surface area (TPSA) is 89.1 Å². The smallest absolute Gasteiger partial charge is 0.254 e. The van der Waals surface area contributed by atoms with E-state index < -0.39 is 5.41 Å². The van der Waals surface area contributed by atoms with Crippen LogP contribution in [-0.4, -0.2) is 76.4 Å². The van der Waals surface area contributed by atoms with Crippen molar-refractivity contribution in [3.05, 3.63) is 59.7 Å². The summed E-state index contributed by atoms with van der Waals surface area (Å²) >= 11 is 0. The molecule has 0 aliphatic carbocycles. The minimum absolute atomic E-state index is 0.00686. The number of carbonyl (C=O) groups excluding carboxylic acids is 2. The molecule has 2 aromatic carbocycles. The van der Waals surface area contributed by atoms with Crippen LogP contribution in [0, 0.1) is 11.8 Å². The molecule has 2 atom stereocenters. The molecule has 1 aliphatic rings. The third-order valence-corrected chi connectivity index (χ3v) is 7.54. The molecule has 2 N–H and O–H groups in total. The van der Waals surface area contributed by atoms with Crippen LogP contribution >= 0.6 is 0 Å². The van der Waals surface area contributed by atoms with Crippen LogP contribution in [0.3, 0.4) is 0 Å². The van der Waals surface area contributed by atoms with Crippen LogP contribution in [0.5, 0.6) is 11.5 Å². The van der Waals surface area contributed by atoms with Gasteiger partial charge in [0, 0.05) is 57.9 Å². The van der Waals surface area contributed by atoms with Crippen molar-refractivity contribution in [3.8, 4) is 11.5 Å². The Kier molecular flexibility index (Phi) is 11.2. The van der Waals surface area contributed by atoms with Gasteiger partial charge in [0.05, 0.1) is 19.1 Å². The van der Waals surface area contributed by atoms with Gasteiger partial charge in [0.1, 0.15) is 0 Å². The van der Waals surface area contributed by atoms with Gasteiger partial charge < -0.3 is 29.7 Å². The van der Waals surface area contributed by atoms with Crippen molar-refractivity contribution in [2.24, 2.45) is 11.8 Å². The second-order valence-electron chi connectivity index (χ2n) is 11.0. The predicted molar refractivity (Wildman–Crippen MR) is 153 cm³/mol. The van der Waals surface area contributed by atoms with E-state index >= 15 is 0 Å². The van der Waals surface area contributed by atoms with Crippen LogP contribution in [0.1, 0.15) is 50.0 Å². The van der Waals surface area contributed by atoms with E-state index in [-0.39, 0.29) is 29.7 Å². The van der Waals surface area contributed by atoms with E-state index in [9.17, 15) is 9.59 Å². The lowest BCUT2D eigenvalue weighted by atomic mass is 9.83. The van der Waals surface area contributed by atoms with Gasteiger partial charge in [-0.2, -0.15) is 0 Å². The van der Waals surface area contributed by atoms with Crippen LogP contribution in [0.15, 0.2) is 48.5 Å². The summed E-state index contributed by atoms with van der Waals surface area (Å²) in [6.07, 6.45) is 0.741. The highest BCUT2D eigenvalue weighted by Gasteiger charge is 2.34. The summed E-state index contributed by atoms with van der Waals surface area (Å²) in [6.45, 7) is 11.8. The number of nitrogens with zero attached hydrogens (tertiary/aromatic N) is 1.